The fourth-order valence-electron chi connectivity index (χ4n) is 9.50. The van der Waals surface area contributed by atoms with Crippen LogP contribution in [0.15, 0.2) is 61.4 Å². The molecule has 0 aliphatic carbocycles. The number of esters is 1. The fourth-order valence-corrected chi connectivity index (χ4v) is 9.50. The van der Waals surface area contributed by atoms with Gasteiger partial charge in [0.1, 0.15) is 23.7 Å². The summed E-state index contributed by atoms with van der Waals surface area (Å²) < 4.78 is 47.0. The van der Waals surface area contributed by atoms with Gasteiger partial charge in [0.25, 0.3) is 5.67 Å². The van der Waals surface area contributed by atoms with E-state index in [1.165, 1.54) is 18.7 Å². The number of rotatable bonds is 12. The highest BCUT2D eigenvalue weighted by Gasteiger charge is 2.61. The molecule has 0 spiro atoms. The molecule has 336 valence electrons. The van der Waals surface area contributed by atoms with Crippen LogP contribution in [0.2, 0.25) is 0 Å². The number of amides is 1. The van der Waals surface area contributed by atoms with Gasteiger partial charge in [0.05, 0.1) is 30.5 Å². The fraction of sp³-hybridized carbons (Fsp3) is 0.630. The third-order valence-corrected chi connectivity index (χ3v) is 12.7. The molecule has 4 heterocycles. The molecule has 3 aliphatic rings. The standard InChI is InChI=1S/C46H64FN3O11/c1-11-21-49(10)34-24-28(4)58-41(37(34)52)60-40-30(6)39(53)45(8,47)42(54)59-35(12-2)46(9)38(29(5)36(51)27(3)25-44(40,7)56)50(43(55)61-46)22-14-23-57-33-18-16-31(17-19-33)32-15-13-20-48-26-32/h11,13,15-20,26-30,34-35,37-38,40-41,52,56H,1,12,14,21-25H2,2-10H3/t27-,28-,29+,30+,34+,35-,37-,38?,40-,41?,44-,45+,46-/m1/s1. The van der Waals surface area contributed by atoms with Crippen LogP contribution in [-0.4, -0.2) is 135 Å². The number of likely N-dealkylation sites (N-methyl/N-ethyl adjacent to an activating group) is 1. The van der Waals surface area contributed by atoms with E-state index < -0.39 is 95.3 Å². The smallest absolute Gasteiger partial charge is 0.410 e. The van der Waals surface area contributed by atoms with Gasteiger partial charge >= 0.3 is 12.1 Å². The normalized spacial score (nSPS) is 36.5. The Bertz CT molecular complexity index is 1860. The number of aliphatic hydroxyl groups is 2. The van der Waals surface area contributed by atoms with E-state index in [0.29, 0.717) is 25.1 Å². The molecule has 3 aliphatic heterocycles. The molecule has 13 atom stereocenters. The number of alkyl halides is 1. The van der Waals surface area contributed by atoms with Gasteiger partial charge in [-0.15, -0.1) is 6.58 Å². The van der Waals surface area contributed by atoms with Crippen LogP contribution < -0.4 is 4.74 Å². The van der Waals surface area contributed by atoms with Crippen molar-refractivity contribution in [2.75, 3.05) is 26.7 Å². The maximum Gasteiger partial charge on any atom is 0.410 e. The molecule has 0 bridgehead atoms. The lowest BCUT2D eigenvalue weighted by Gasteiger charge is -2.46. The monoisotopic (exact) mass is 853 g/mol. The molecular weight excluding hydrogens is 790 g/mol. The van der Waals surface area contributed by atoms with Gasteiger partial charge in [-0.2, -0.15) is 0 Å². The zero-order chi connectivity index (χ0) is 45.0. The number of cyclic esters (lactones) is 1. The number of ether oxygens (including phenoxy) is 5. The van der Waals surface area contributed by atoms with E-state index in [0.717, 1.165) is 18.1 Å². The van der Waals surface area contributed by atoms with Crippen LogP contribution in [0, 0.1) is 17.8 Å². The van der Waals surface area contributed by atoms with Crippen molar-refractivity contribution >= 4 is 23.6 Å². The number of hydrogen-bond donors (Lipinski definition) is 2. The van der Waals surface area contributed by atoms with E-state index in [1.807, 2.05) is 41.3 Å². The summed E-state index contributed by atoms with van der Waals surface area (Å²) in [6.07, 6.45) is -0.943. The van der Waals surface area contributed by atoms with Crippen molar-refractivity contribution in [2.45, 2.75) is 141 Å². The van der Waals surface area contributed by atoms with E-state index in [9.17, 15) is 29.4 Å². The van der Waals surface area contributed by atoms with Crippen LogP contribution in [0.3, 0.4) is 0 Å². The number of ketones is 2. The Morgan fingerprint density at radius 1 is 1.05 bits per heavy atom. The summed E-state index contributed by atoms with van der Waals surface area (Å²) in [5.41, 5.74) is -5.00. The number of nitrogens with zero attached hydrogens (tertiary/aromatic N) is 3. The third kappa shape index (κ3) is 10.2. The van der Waals surface area contributed by atoms with Gasteiger partial charge in [-0.1, -0.05) is 52.0 Å². The Morgan fingerprint density at radius 3 is 2.36 bits per heavy atom. The van der Waals surface area contributed by atoms with Crippen LogP contribution in [0.25, 0.3) is 11.1 Å². The van der Waals surface area contributed by atoms with Crippen molar-refractivity contribution < 1.29 is 57.5 Å². The van der Waals surface area contributed by atoms with Crippen molar-refractivity contribution in [1.29, 1.82) is 0 Å². The number of hydrogen-bond acceptors (Lipinski definition) is 13. The second-order valence-corrected chi connectivity index (χ2v) is 17.7. The third-order valence-electron chi connectivity index (χ3n) is 12.7. The number of aromatic nitrogens is 1. The predicted octanol–water partition coefficient (Wildman–Crippen LogP) is 5.72. The second-order valence-electron chi connectivity index (χ2n) is 17.7. The van der Waals surface area contributed by atoms with Gasteiger partial charge in [-0.25, -0.2) is 14.0 Å². The van der Waals surface area contributed by atoms with Crippen molar-refractivity contribution in [3.63, 3.8) is 0 Å². The summed E-state index contributed by atoms with van der Waals surface area (Å²) in [5.74, 6) is -5.86. The number of halogens is 1. The minimum Gasteiger partial charge on any atom is -0.494 e. The van der Waals surface area contributed by atoms with Crippen LogP contribution in [0.1, 0.15) is 81.1 Å². The molecule has 1 aromatic heterocycles. The lowest BCUT2D eigenvalue weighted by atomic mass is 9.73. The Labute approximate surface area is 358 Å². The first-order chi connectivity index (χ1) is 28.7. The van der Waals surface area contributed by atoms with Crippen LogP contribution in [0.5, 0.6) is 5.75 Å². The number of pyridine rings is 1. The molecule has 5 rings (SSSR count). The Balaban J connectivity index is 1.43. The highest BCUT2D eigenvalue weighted by Crippen LogP contribution is 2.43. The number of aliphatic hydroxyl groups excluding tert-OH is 1. The van der Waals surface area contributed by atoms with Gasteiger partial charge in [0.2, 0.25) is 0 Å². The highest BCUT2D eigenvalue weighted by molar-refractivity contribution is 6.08. The molecule has 2 aromatic rings. The lowest BCUT2D eigenvalue weighted by Crippen LogP contribution is -2.61. The molecule has 15 heteroatoms. The van der Waals surface area contributed by atoms with E-state index in [-0.39, 0.29) is 31.8 Å². The summed E-state index contributed by atoms with van der Waals surface area (Å²) >= 11 is 0. The minimum absolute atomic E-state index is 0.0469. The zero-order valence-corrected chi connectivity index (χ0v) is 36.9. The van der Waals surface area contributed by atoms with Gasteiger partial charge in [-0.05, 0) is 89.8 Å². The van der Waals surface area contributed by atoms with Crippen molar-refractivity contribution in [3.8, 4) is 16.9 Å². The summed E-state index contributed by atoms with van der Waals surface area (Å²) in [4.78, 5) is 63.8. The van der Waals surface area contributed by atoms with Crippen LogP contribution in [-0.2, 0) is 33.3 Å². The van der Waals surface area contributed by atoms with Gasteiger partial charge in [-0.3, -0.25) is 19.5 Å². The maximum atomic E-state index is 16.8. The van der Waals surface area contributed by atoms with Crippen molar-refractivity contribution in [2.24, 2.45) is 17.8 Å². The lowest BCUT2D eigenvalue weighted by molar-refractivity contribution is -0.293. The average molecular weight is 854 g/mol. The number of carbonyl (C=O) groups is 4. The number of fused-ring (bicyclic) bond motifs is 1. The first-order valence-corrected chi connectivity index (χ1v) is 21.3. The highest BCUT2D eigenvalue weighted by atomic mass is 19.1. The average Bonchev–Trinajstić information content (AvgIpc) is 3.48. The maximum absolute atomic E-state index is 16.8. The Morgan fingerprint density at radius 2 is 1.74 bits per heavy atom. The Hall–Kier alpha value is -4.28. The molecule has 14 nitrogen and oxygen atoms in total. The van der Waals surface area contributed by atoms with Crippen molar-refractivity contribution in [3.05, 3.63) is 61.4 Å². The summed E-state index contributed by atoms with van der Waals surface area (Å²) in [6, 6.07) is 9.85. The molecule has 3 fully saturated rings. The minimum atomic E-state index is -3.25. The molecule has 2 N–H and O–H groups in total. The molecule has 0 radical (unpaired) electrons. The summed E-state index contributed by atoms with van der Waals surface area (Å²) in [7, 11) is 1.81. The van der Waals surface area contributed by atoms with E-state index in [2.05, 4.69) is 11.6 Å². The topological polar surface area (TPSA) is 174 Å². The quantitative estimate of drug-likeness (QED) is 0.115. The largest absolute Gasteiger partial charge is 0.494 e. The van der Waals surface area contributed by atoms with E-state index in [1.54, 1.807) is 60.1 Å². The van der Waals surface area contributed by atoms with Gasteiger partial charge < -0.3 is 38.8 Å². The molecule has 2 unspecified atom stereocenters. The zero-order valence-electron chi connectivity index (χ0n) is 36.9. The SMILES string of the molecule is C=CCN(C)[C@H]1C[C@@H](C)OC(O[C@@H]2[C@@H](C)C(=O)[C@](C)(F)C(=O)O[C@H](CC)[C@@]3(C)OC(=O)N(CCCOc4ccc(-c5cccnc5)cc4)C3[C@@H](C)C(=O)[C@H](C)C[C@@]2(C)O)[C@@H]1O. The van der Waals surface area contributed by atoms with Gasteiger partial charge in [0.15, 0.2) is 17.7 Å². The Kier molecular flexibility index (Phi) is 15.2. The molecule has 1 amide bonds. The first-order valence-electron chi connectivity index (χ1n) is 21.3. The predicted molar refractivity (Wildman–Crippen MR) is 224 cm³/mol. The number of carbonyl (C=O) groups excluding carboxylic acids is 4. The van der Waals surface area contributed by atoms with E-state index in [4.69, 9.17) is 23.7 Å². The molecule has 0 saturated carbocycles. The molecule has 3 saturated heterocycles. The molecule has 61 heavy (non-hydrogen) atoms. The first kappa shape index (κ1) is 47.8. The second kappa shape index (κ2) is 19.4. The molecule has 1 aromatic carbocycles. The summed E-state index contributed by atoms with van der Waals surface area (Å²) in [6.45, 7) is 16.3. The number of Topliss-reactive ketones (excluding diaryl/α,β-unsaturated/α-hetero) is 2. The van der Waals surface area contributed by atoms with Crippen LogP contribution in [0.4, 0.5) is 9.18 Å². The molecular formula is C46H64FN3O11. The van der Waals surface area contributed by atoms with Crippen molar-refractivity contribution in [1.82, 2.24) is 14.8 Å². The van der Waals surface area contributed by atoms with Crippen LogP contribution >= 0.6 is 0 Å². The van der Waals surface area contributed by atoms with Gasteiger partial charge in [0, 0.05) is 49.3 Å². The number of benzene rings is 1. The summed E-state index contributed by atoms with van der Waals surface area (Å²) in [5, 5.41) is 23.8. The van der Waals surface area contributed by atoms with E-state index >= 15 is 4.39 Å².